The first kappa shape index (κ1) is 13.6. The van der Waals surface area contributed by atoms with Crippen LogP contribution in [0, 0.1) is 0 Å². The average molecular weight is 280 g/mol. The van der Waals surface area contributed by atoms with Gasteiger partial charge in [0.15, 0.2) is 0 Å². The maximum absolute atomic E-state index is 10.9. The summed E-state index contributed by atoms with van der Waals surface area (Å²) in [6.07, 6.45) is 0.831. The summed E-state index contributed by atoms with van der Waals surface area (Å²) in [4.78, 5) is -1.11. The molecule has 0 atom stereocenters. The van der Waals surface area contributed by atoms with Crippen LogP contribution in [-0.2, 0) is 20.2 Å². The SMILES string of the molecule is NN=Cc1cc(S(=O)(=O)O)ccc1S(=O)(=O)O. The Labute approximate surface area is 97.3 Å². The van der Waals surface area contributed by atoms with Gasteiger partial charge in [0.2, 0.25) is 0 Å². The Morgan fingerprint density at radius 2 is 1.71 bits per heavy atom. The Balaban J connectivity index is 3.60. The van der Waals surface area contributed by atoms with Crippen LogP contribution < -0.4 is 5.84 Å². The van der Waals surface area contributed by atoms with E-state index < -0.39 is 30.0 Å². The average Bonchev–Trinajstić information content (AvgIpc) is 2.15. The molecule has 0 aromatic heterocycles. The fourth-order valence-corrected chi connectivity index (χ4v) is 2.27. The van der Waals surface area contributed by atoms with Gasteiger partial charge in [-0.05, 0) is 18.2 Å². The number of rotatable bonds is 3. The third kappa shape index (κ3) is 3.23. The minimum absolute atomic E-state index is 0.259. The van der Waals surface area contributed by atoms with Crippen molar-refractivity contribution in [2.75, 3.05) is 0 Å². The summed E-state index contributed by atoms with van der Waals surface area (Å²) < 4.78 is 61.1. The molecule has 0 aliphatic carbocycles. The third-order valence-corrected chi connectivity index (χ3v) is 3.55. The van der Waals surface area contributed by atoms with E-state index in [-0.39, 0.29) is 5.56 Å². The van der Waals surface area contributed by atoms with Crippen LogP contribution in [0.5, 0.6) is 0 Å². The van der Waals surface area contributed by atoms with E-state index in [4.69, 9.17) is 14.9 Å². The molecule has 0 amide bonds. The minimum Gasteiger partial charge on any atom is -0.323 e. The summed E-state index contributed by atoms with van der Waals surface area (Å²) in [7, 11) is -9.03. The molecule has 0 saturated carbocycles. The number of nitrogens with zero attached hydrogens (tertiary/aromatic N) is 1. The minimum atomic E-state index is -4.54. The van der Waals surface area contributed by atoms with E-state index in [2.05, 4.69) is 5.10 Å². The zero-order chi connectivity index (χ0) is 13.3. The summed E-state index contributed by atoms with van der Waals surface area (Å²) in [6.45, 7) is 0. The Hall–Kier alpha value is -1.49. The van der Waals surface area contributed by atoms with Gasteiger partial charge in [0.1, 0.15) is 4.90 Å². The quantitative estimate of drug-likeness (QED) is 0.292. The number of nitrogens with two attached hydrogens (primary N) is 1. The van der Waals surface area contributed by atoms with E-state index in [1.54, 1.807) is 0 Å². The van der Waals surface area contributed by atoms with Gasteiger partial charge in [-0.15, -0.1) is 0 Å². The second-order valence-corrected chi connectivity index (χ2v) is 5.74. The van der Waals surface area contributed by atoms with Crippen LogP contribution in [0.15, 0.2) is 33.1 Å². The normalized spacial score (nSPS) is 13.1. The largest absolute Gasteiger partial charge is 0.323 e. The predicted octanol–water partition coefficient (Wildman–Crippen LogP) is -0.527. The highest BCUT2D eigenvalue weighted by atomic mass is 32.2. The lowest BCUT2D eigenvalue weighted by atomic mass is 10.2. The van der Waals surface area contributed by atoms with Crippen LogP contribution in [0.3, 0.4) is 0 Å². The summed E-state index contributed by atoms with van der Waals surface area (Å²) in [5.41, 5.74) is -0.259. The van der Waals surface area contributed by atoms with Crippen LogP contribution >= 0.6 is 0 Å². The van der Waals surface area contributed by atoms with E-state index in [0.717, 1.165) is 24.4 Å². The molecular weight excluding hydrogens is 272 g/mol. The van der Waals surface area contributed by atoms with E-state index in [9.17, 15) is 16.8 Å². The molecule has 0 radical (unpaired) electrons. The third-order valence-electron chi connectivity index (χ3n) is 1.77. The van der Waals surface area contributed by atoms with Crippen LogP contribution in [0.2, 0.25) is 0 Å². The molecule has 0 spiro atoms. The topological polar surface area (TPSA) is 147 Å². The number of benzene rings is 1. The smallest absolute Gasteiger partial charge is 0.295 e. The van der Waals surface area contributed by atoms with Crippen molar-refractivity contribution in [1.29, 1.82) is 0 Å². The summed E-state index contributed by atoms with van der Waals surface area (Å²) in [5, 5.41) is 3.03. The van der Waals surface area contributed by atoms with Crippen molar-refractivity contribution in [3.63, 3.8) is 0 Å². The lowest BCUT2D eigenvalue weighted by Gasteiger charge is -2.04. The van der Waals surface area contributed by atoms with E-state index in [0.29, 0.717) is 0 Å². The Kier molecular flexibility index (Phi) is 3.52. The lowest BCUT2D eigenvalue weighted by Crippen LogP contribution is -2.06. The van der Waals surface area contributed by atoms with Gasteiger partial charge in [-0.25, -0.2) is 0 Å². The first-order chi connectivity index (χ1) is 7.66. The molecule has 1 rings (SSSR count). The van der Waals surface area contributed by atoms with E-state index in [1.807, 2.05) is 0 Å². The highest BCUT2D eigenvalue weighted by Crippen LogP contribution is 2.18. The van der Waals surface area contributed by atoms with Gasteiger partial charge >= 0.3 is 0 Å². The molecule has 0 aliphatic heterocycles. The summed E-state index contributed by atoms with van der Waals surface area (Å²) >= 11 is 0. The number of hydrazone groups is 1. The lowest BCUT2D eigenvalue weighted by molar-refractivity contribution is 0.478. The molecule has 0 saturated heterocycles. The van der Waals surface area contributed by atoms with Crippen molar-refractivity contribution in [2.24, 2.45) is 10.9 Å². The van der Waals surface area contributed by atoms with Crippen molar-refractivity contribution >= 4 is 26.5 Å². The molecule has 4 N–H and O–H groups in total. The molecule has 17 heavy (non-hydrogen) atoms. The van der Waals surface area contributed by atoms with Crippen LogP contribution in [0.25, 0.3) is 0 Å². The Morgan fingerprint density at radius 1 is 1.12 bits per heavy atom. The van der Waals surface area contributed by atoms with Crippen molar-refractivity contribution in [3.05, 3.63) is 23.8 Å². The zero-order valence-corrected chi connectivity index (χ0v) is 9.81. The molecule has 8 nitrogen and oxygen atoms in total. The highest BCUT2D eigenvalue weighted by molar-refractivity contribution is 7.86. The molecule has 94 valence electrons. The Morgan fingerprint density at radius 3 is 2.12 bits per heavy atom. The van der Waals surface area contributed by atoms with E-state index >= 15 is 0 Å². The summed E-state index contributed by atoms with van der Waals surface area (Å²) in [5.74, 6) is 4.81. The van der Waals surface area contributed by atoms with Gasteiger partial charge in [0.05, 0.1) is 11.1 Å². The molecule has 0 bridgehead atoms. The standard InChI is InChI=1S/C7H8N2O6S2/c8-9-4-5-3-6(16(10,11)12)1-2-7(5)17(13,14)15/h1-4H,8H2,(H,10,11,12)(H,13,14,15). The van der Waals surface area contributed by atoms with Crippen molar-refractivity contribution < 1.29 is 25.9 Å². The van der Waals surface area contributed by atoms with Gasteiger partial charge in [-0.3, -0.25) is 9.11 Å². The maximum atomic E-state index is 10.9. The van der Waals surface area contributed by atoms with Crippen LogP contribution in [0.4, 0.5) is 0 Å². The molecule has 0 aliphatic rings. The molecule has 10 heteroatoms. The van der Waals surface area contributed by atoms with Crippen molar-refractivity contribution in [3.8, 4) is 0 Å². The van der Waals surface area contributed by atoms with Gasteiger partial charge in [-0.1, -0.05) is 0 Å². The maximum Gasteiger partial charge on any atom is 0.295 e. The van der Waals surface area contributed by atoms with Gasteiger partial charge < -0.3 is 5.84 Å². The van der Waals surface area contributed by atoms with Gasteiger partial charge in [0.25, 0.3) is 20.2 Å². The molecule has 1 aromatic carbocycles. The summed E-state index contributed by atoms with van der Waals surface area (Å²) in [6, 6.07) is 2.45. The van der Waals surface area contributed by atoms with E-state index in [1.165, 1.54) is 0 Å². The fraction of sp³-hybridized carbons (Fsp3) is 0. The zero-order valence-electron chi connectivity index (χ0n) is 8.18. The number of hydrogen-bond acceptors (Lipinski definition) is 6. The van der Waals surface area contributed by atoms with Crippen molar-refractivity contribution in [2.45, 2.75) is 9.79 Å². The molecular formula is C7H8N2O6S2. The predicted molar refractivity (Wildman–Crippen MR) is 57.9 cm³/mol. The van der Waals surface area contributed by atoms with Gasteiger partial charge in [-0.2, -0.15) is 21.9 Å². The van der Waals surface area contributed by atoms with Crippen molar-refractivity contribution in [1.82, 2.24) is 0 Å². The molecule has 0 fully saturated rings. The molecule has 0 heterocycles. The second kappa shape index (κ2) is 4.41. The first-order valence-electron chi connectivity index (χ1n) is 3.98. The number of hydrogen-bond donors (Lipinski definition) is 3. The van der Waals surface area contributed by atoms with Gasteiger partial charge in [0, 0.05) is 5.56 Å². The van der Waals surface area contributed by atoms with Crippen LogP contribution in [-0.4, -0.2) is 32.2 Å². The highest BCUT2D eigenvalue weighted by Gasteiger charge is 2.18. The fourth-order valence-electron chi connectivity index (χ4n) is 1.10. The first-order valence-corrected chi connectivity index (χ1v) is 6.86. The second-order valence-electron chi connectivity index (χ2n) is 2.93. The monoisotopic (exact) mass is 280 g/mol. The molecule has 1 aromatic rings. The Bertz CT molecular complexity index is 662. The molecule has 0 unspecified atom stereocenters. The van der Waals surface area contributed by atoms with Crippen LogP contribution in [0.1, 0.15) is 5.56 Å².